The molecule has 1 atom stereocenters. The molecule has 1 aromatic carbocycles. The van der Waals surface area contributed by atoms with E-state index < -0.39 is 10.0 Å². The number of benzene rings is 1. The summed E-state index contributed by atoms with van der Waals surface area (Å²) in [5.74, 6) is 0.273. The molecule has 0 aliphatic rings. The van der Waals surface area contributed by atoms with Gasteiger partial charge in [0.05, 0.1) is 4.90 Å². The molecule has 0 spiro atoms. The third kappa shape index (κ3) is 5.26. The number of nitrogens with two attached hydrogens (primary N) is 1. The van der Waals surface area contributed by atoms with Crippen molar-refractivity contribution in [1.82, 2.24) is 9.62 Å². The maximum absolute atomic E-state index is 12.9. The zero-order chi connectivity index (χ0) is 16.8. The Hall–Kier alpha value is -1.11. The van der Waals surface area contributed by atoms with Crippen LogP contribution in [0.5, 0.6) is 0 Å². The van der Waals surface area contributed by atoms with Crippen molar-refractivity contribution in [3.8, 4) is 0 Å². The quantitative estimate of drug-likeness (QED) is 0.539. The highest BCUT2D eigenvalue weighted by Gasteiger charge is 2.29. The smallest absolute Gasteiger partial charge is 0.243 e. The number of hydrogen-bond donors (Lipinski definition) is 2. The van der Waals surface area contributed by atoms with E-state index in [9.17, 15) is 8.42 Å². The average Bonchev–Trinajstić information content (AvgIpc) is 2.45. The zero-order valence-electron chi connectivity index (χ0n) is 14.0. The number of hydrogen-bond acceptors (Lipinski definition) is 4. The summed E-state index contributed by atoms with van der Waals surface area (Å²) >= 11 is 0. The molecular formula is C16H29N3O2S. The minimum absolute atomic E-state index is 0.0293. The van der Waals surface area contributed by atoms with Crippen LogP contribution in [0.4, 0.5) is 5.69 Å². The highest BCUT2D eigenvalue weighted by Crippen LogP contribution is 2.22. The first-order chi connectivity index (χ1) is 10.3. The normalized spacial score (nSPS) is 13.7. The van der Waals surface area contributed by atoms with Crippen LogP contribution in [-0.4, -0.2) is 38.9 Å². The second kappa shape index (κ2) is 8.50. The summed E-state index contributed by atoms with van der Waals surface area (Å²) < 4.78 is 27.5. The first-order valence-corrected chi connectivity index (χ1v) is 9.25. The van der Waals surface area contributed by atoms with Crippen LogP contribution in [0.1, 0.15) is 33.6 Å². The molecule has 0 fully saturated rings. The fraction of sp³-hybridized carbons (Fsp3) is 0.625. The number of nitrogen functional groups attached to an aromatic ring is 1. The van der Waals surface area contributed by atoms with Gasteiger partial charge in [-0.1, -0.05) is 13.8 Å². The lowest BCUT2D eigenvalue weighted by molar-refractivity contribution is 0.288. The molecule has 1 aromatic rings. The van der Waals surface area contributed by atoms with Crippen LogP contribution in [0.25, 0.3) is 0 Å². The lowest BCUT2D eigenvalue weighted by Crippen LogP contribution is -2.41. The van der Waals surface area contributed by atoms with E-state index in [1.807, 2.05) is 27.8 Å². The Kier molecular flexibility index (Phi) is 7.32. The van der Waals surface area contributed by atoms with Gasteiger partial charge in [-0.2, -0.15) is 4.31 Å². The SMILES string of the molecule is CNCCCC(C)N(CC(C)C)S(=O)(=O)c1ccc(N)cc1. The topological polar surface area (TPSA) is 75.4 Å². The molecule has 6 heteroatoms. The van der Waals surface area contributed by atoms with E-state index in [2.05, 4.69) is 5.32 Å². The van der Waals surface area contributed by atoms with Crippen LogP contribution < -0.4 is 11.1 Å². The van der Waals surface area contributed by atoms with E-state index in [1.165, 1.54) is 0 Å². The van der Waals surface area contributed by atoms with Gasteiger partial charge in [0.2, 0.25) is 10.0 Å². The summed E-state index contributed by atoms with van der Waals surface area (Å²) in [6.07, 6.45) is 1.78. The number of nitrogens with zero attached hydrogens (tertiary/aromatic N) is 1. The second-order valence-electron chi connectivity index (χ2n) is 6.13. The molecule has 0 aromatic heterocycles. The van der Waals surface area contributed by atoms with Crippen LogP contribution in [-0.2, 0) is 10.0 Å². The fourth-order valence-corrected chi connectivity index (χ4v) is 4.19. The van der Waals surface area contributed by atoms with Crippen molar-refractivity contribution < 1.29 is 8.42 Å². The van der Waals surface area contributed by atoms with Crippen LogP contribution in [0, 0.1) is 5.92 Å². The van der Waals surface area contributed by atoms with Crippen LogP contribution in [0.2, 0.25) is 0 Å². The standard InChI is InChI=1S/C16H29N3O2S/c1-13(2)12-19(14(3)6-5-11-18-4)22(20,21)16-9-7-15(17)8-10-16/h7-10,13-14,18H,5-6,11-12,17H2,1-4H3. The first-order valence-electron chi connectivity index (χ1n) is 7.81. The maximum Gasteiger partial charge on any atom is 0.243 e. The largest absolute Gasteiger partial charge is 0.399 e. The summed E-state index contributed by atoms with van der Waals surface area (Å²) in [5, 5.41) is 3.10. The Morgan fingerprint density at radius 1 is 1.18 bits per heavy atom. The summed E-state index contributed by atoms with van der Waals surface area (Å²) in [5.41, 5.74) is 6.22. The summed E-state index contributed by atoms with van der Waals surface area (Å²) in [6.45, 7) is 7.46. The van der Waals surface area contributed by atoms with E-state index in [4.69, 9.17) is 5.73 Å². The van der Waals surface area contributed by atoms with Gasteiger partial charge in [0.1, 0.15) is 0 Å². The highest BCUT2D eigenvalue weighted by molar-refractivity contribution is 7.89. The van der Waals surface area contributed by atoms with Gasteiger partial charge in [-0.25, -0.2) is 8.42 Å². The van der Waals surface area contributed by atoms with Gasteiger partial charge in [-0.3, -0.25) is 0 Å². The molecule has 0 saturated carbocycles. The van der Waals surface area contributed by atoms with Crippen molar-refractivity contribution in [2.75, 3.05) is 25.9 Å². The predicted molar refractivity (Wildman–Crippen MR) is 92.2 cm³/mol. The van der Waals surface area contributed by atoms with E-state index in [-0.39, 0.29) is 12.0 Å². The minimum Gasteiger partial charge on any atom is -0.399 e. The van der Waals surface area contributed by atoms with Crippen molar-refractivity contribution in [2.45, 2.75) is 44.6 Å². The Morgan fingerprint density at radius 2 is 1.77 bits per heavy atom. The molecule has 0 saturated heterocycles. The molecule has 0 radical (unpaired) electrons. The molecule has 1 rings (SSSR count). The first kappa shape index (κ1) is 18.9. The lowest BCUT2D eigenvalue weighted by atomic mass is 10.1. The summed E-state index contributed by atoms with van der Waals surface area (Å²) in [7, 11) is -1.59. The molecule has 5 nitrogen and oxygen atoms in total. The lowest BCUT2D eigenvalue weighted by Gasteiger charge is -2.30. The van der Waals surface area contributed by atoms with Gasteiger partial charge in [-0.15, -0.1) is 0 Å². The van der Waals surface area contributed by atoms with Gasteiger partial charge in [-0.05, 0) is 63.5 Å². The molecule has 0 heterocycles. The number of nitrogens with one attached hydrogen (secondary N) is 1. The van der Waals surface area contributed by atoms with Crippen molar-refractivity contribution in [1.29, 1.82) is 0 Å². The van der Waals surface area contributed by atoms with E-state index >= 15 is 0 Å². The van der Waals surface area contributed by atoms with Crippen molar-refractivity contribution in [3.05, 3.63) is 24.3 Å². The molecule has 22 heavy (non-hydrogen) atoms. The van der Waals surface area contributed by atoms with Gasteiger partial charge in [0, 0.05) is 18.3 Å². The molecule has 0 bridgehead atoms. The molecule has 0 aliphatic carbocycles. The Bertz CT molecular complexity index is 541. The molecular weight excluding hydrogens is 298 g/mol. The van der Waals surface area contributed by atoms with Crippen molar-refractivity contribution in [3.63, 3.8) is 0 Å². The van der Waals surface area contributed by atoms with Gasteiger partial charge >= 0.3 is 0 Å². The van der Waals surface area contributed by atoms with E-state index in [1.54, 1.807) is 28.6 Å². The van der Waals surface area contributed by atoms with E-state index in [0.717, 1.165) is 19.4 Å². The predicted octanol–water partition coefficient (Wildman–Crippen LogP) is 2.30. The van der Waals surface area contributed by atoms with Crippen LogP contribution >= 0.6 is 0 Å². The van der Waals surface area contributed by atoms with E-state index in [0.29, 0.717) is 17.1 Å². The molecule has 3 N–H and O–H groups in total. The summed E-state index contributed by atoms with van der Waals surface area (Å²) in [6, 6.07) is 6.40. The highest BCUT2D eigenvalue weighted by atomic mass is 32.2. The molecule has 0 aliphatic heterocycles. The Morgan fingerprint density at radius 3 is 2.27 bits per heavy atom. The number of anilines is 1. The van der Waals surface area contributed by atoms with Crippen molar-refractivity contribution in [2.24, 2.45) is 5.92 Å². The third-order valence-corrected chi connectivity index (χ3v) is 5.57. The fourth-order valence-electron chi connectivity index (χ4n) is 2.37. The van der Waals surface area contributed by atoms with Crippen LogP contribution in [0.3, 0.4) is 0 Å². The summed E-state index contributed by atoms with van der Waals surface area (Å²) in [4.78, 5) is 0.308. The van der Waals surface area contributed by atoms with Gasteiger partial charge in [0.15, 0.2) is 0 Å². The van der Waals surface area contributed by atoms with Gasteiger partial charge < -0.3 is 11.1 Å². The minimum atomic E-state index is -3.49. The maximum atomic E-state index is 12.9. The second-order valence-corrected chi connectivity index (χ2v) is 8.02. The Labute approximate surface area is 134 Å². The van der Waals surface area contributed by atoms with Crippen LogP contribution in [0.15, 0.2) is 29.2 Å². The molecule has 0 amide bonds. The Balaban J connectivity index is 3.00. The number of rotatable bonds is 9. The molecule has 126 valence electrons. The number of sulfonamides is 1. The monoisotopic (exact) mass is 327 g/mol. The third-order valence-electron chi connectivity index (χ3n) is 3.57. The average molecular weight is 327 g/mol. The molecule has 1 unspecified atom stereocenters. The van der Waals surface area contributed by atoms with Crippen molar-refractivity contribution >= 4 is 15.7 Å². The van der Waals surface area contributed by atoms with Gasteiger partial charge in [0.25, 0.3) is 0 Å². The zero-order valence-corrected chi connectivity index (χ0v) is 14.9.